The number of methoxy groups -OCH3 is 1. The van der Waals surface area contributed by atoms with E-state index in [-0.39, 0.29) is 5.91 Å². The van der Waals surface area contributed by atoms with Crippen molar-refractivity contribution in [3.63, 3.8) is 0 Å². The van der Waals surface area contributed by atoms with Crippen LogP contribution in [0.2, 0.25) is 5.02 Å². The molecule has 0 aliphatic heterocycles. The Labute approximate surface area is 163 Å². The summed E-state index contributed by atoms with van der Waals surface area (Å²) in [5.41, 5.74) is 5.83. The molecule has 0 atom stereocenters. The molecule has 0 aliphatic rings. The molecule has 0 aliphatic carbocycles. The number of aromatic nitrogens is 2. The number of carbonyl (C=O) groups excluding carboxylic acids is 1. The Morgan fingerprint density at radius 3 is 2.44 bits per heavy atom. The molecule has 6 heteroatoms. The van der Waals surface area contributed by atoms with Crippen molar-refractivity contribution in [2.24, 2.45) is 7.05 Å². The summed E-state index contributed by atoms with van der Waals surface area (Å²) in [6, 6.07) is 12.8. The van der Waals surface area contributed by atoms with E-state index in [4.69, 9.17) is 16.3 Å². The molecule has 140 valence electrons. The summed E-state index contributed by atoms with van der Waals surface area (Å²) in [7, 11) is 3.49. The van der Waals surface area contributed by atoms with E-state index in [1.54, 1.807) is 18.2 Å². The Kier molecular flexibility index (Phi) is 5.51. The molecule has 5 nitrogen and oxygen atoms in total. The number of halogens is 1. The van der Waals surface area contributed by atoms with Crippen LogP contribution in [-0.4, -0.2) is 22.8 Å². The number of carbonyl (C=O) groups is 1. The van der Waals surface area contributed by atoms with Crippen molar-refractivity contribution in [2.75, 3.05) is 12.4 Å². The quantitative estimate of drug-likeness (QED) is 0.703. The first-order chi connectivity index (χ1) is 12.9. The van der Waals surface area contributed by atoms with Crippen molar-refractivity contribution < 1.29 is 9.53 Å². The smallest absolute Gasteiger partial charge is 0.255 e. The van der Waals surface area contributed by atoms with Gasteiger partial charge in [-0.3, -0.25) is 9.48 Å². The first kappa shape index (κ1) is 19.0. The van der Waals surface area contributed by atoms with Crippen LogP contribution in [0.5, 0.6) is 5.75 Å². The minimum atomic E-state index is -0.216. The molecular formula is C21H22ClN3O2. The average Bonchev–Trinajstić information content (AvgIpc) is 2.89. The van der Waals surface area contributed by atoms with E-state index >= 15 is 0 Å². The van der Waals surface area contributed by atoms with Gasteiger partial charge in [0.25, 0.3) is 5.91 Å². The normalized spacial score (nSPS) is 10.7. The van der Waals surface area contributed by atoms with Crippen molar-refractivity contribution in [1.29, 1.82) is 0 Å². The third kappa shape index (κ3) is 4.14. The number of hydrogen-bond acceptors (Lipinski definition) is 3. The molecule has 1 aromatic heterocycles. The standard InChI is InChI=1S/C21H22ClN3O2/c1-13-18(14(2)25(3)24-13)11-15-5-8-17(9-6-15)23-21(26)16-7-10-20(27-4)19(22)12-16/h5-10,12H,11H2,1-4H3,(H,23,26). The number of amides is 1. The van der Waals surface area contributed by atoms with Gasteiger partial charge in [-0.25, -0.2) is 0 Å². The van der Waals surface area contributed by atoms with Crippen molar-refractivity contribution in [3.05, 3.63) is 75.6 Å². The van der Waals surface area contributed by atoms with E-state index in [1.807, 2.05) is 42.9 Å². The fourth-order valence-electron chi connectivity index (χ4n) is 2.99. The van der Waals surface area contributed by atoms with Crippen molar-refractivity contribution in [3.8, 4) is 5.75 Å². The highest BCUT2D eigenvalue weighted by atomic mass is 35.5. The van der Waals surface area contributed by atoms with Gasteiger partial charge in [0.15, 0.2) is 0 Å². The number of nitrogens with zero attached hydrogens (tertiary/aromatic N) is 2. The second-order valence-electron chi connectivity index (χ2n) is 6.45. The van der Waals surface area contributed by atoms with Crippen LogP contribution >= 0.6 is 11.6 Å². The molecular weight excluding hydrogens is 362 g/mol. The Morgan fingerprint density at radius 1 is 1.19 bits per heavy atom. The fraction of sp³-hybridized carbons (Fsp3) is 0.238. The summed E-state index contributed by atoms with van der Waals surface area (Å²) in [6.07, 6.45) is 0.813. The second kappa shape index (κ2) is 7.84. The lowest BCUT2D eigenvalue weighted by atomic mass is 10.0. The van der Waals surface area contributed by atoms with Gasteiger partial charge in [-0.05, 0) is 49.7 Å². The molecule has 27 heavy (non-hydrogen) atoms. The van der Waals surface area contributed by atoms with Crippen molar-refractivity contribution in [2.45, 2.75) is 20.3 Å². The summed E-state index contributed by atoms with van der Waals surface area (Å²) in [5, 5.41) is 7.75. The van der Waals surface area contributed by atoms with Crippen LogP contribution in [0.1, 0.15) is 32.9 Å². The van der Waals surface area contributed by atoms with Crippen LogP contribution in [-0.2, 0) is 13.5 Å². The molecule has 0 bridgehead atoms. The lowest BCUT2D eigenvalue weighted by Gasteiger charge is -2.09. The zero-order valence-electron chi connectivity index (χ0n) is 15.8. The van der Waals surface area contributed by atoms with Gasteiger partial charge in [-0.1, -0.05) is 23.7 Å². The molecule has 0 fully saturated rings. The molecule has 3 aromatic rings. The first-order valence-corrected chi connectivity index (χ1v) is 8.99. The second-order valence-corrected chi connectivity index (χ2v) is 6.86. The van der Waals surface area contributed by atoms with Crippen LogP contribution in [0.4, 0.5) is 5.69 Å². The third-order valence-corrected chi connectivity index (χ3v) is 4.96. The van der Waals surface area contributed by atoms with Crippen LogP contribution in [0.25, 0.3) is 0 Å². The van der Waals surface area contributed by atoms with Gasteiger partial charge in [0, 0.05) is 36.0 Å². The van der Waals surface area contributed by atoms with Gasteiger partial charge in [0.05, 0.1) is 17.8 Å². The molecule has 1 amide bonds. The number of anilines is 1. The number of rotatable bonds is 5. The van der Waals surface area contributed by atoms with Gasteiger partial charge in [0.2, 0.25) is 0 Å². The van der Waals surface area contributed by atoms with Crippen LogP contribution in [0.15, 0.2) is 42.5 Å². The predicted molar refractivity (Wildman–Crippen MR) is 108 cm³/mol. The highest BCUT2D eigenvalue weighted by Gasteiger charge is 2.11. The maximum Gasteiger partial charge on any atom is 0.255 e. The Balaban J connectivity index is 1.70. The molecule has 0 saturated carbocycles. The van der Waals surface area contributed by atoms with Gasteiger partial charge in [-0.2, -0.15) is 5.10 Å². The predicted octanol–water partition coefficient (Wildman–Crippen LogP) is 4.54. The van der Waals surface area contributed by atoms with E-state index in [9.17, 15) is 4.79 Å². The Bertz CT molecular complexity index is 978. The molecule has 3 rings (SSSR count). The Hall–Kier alpha value is -2.79. The monoisotopic (exact) mass is 383 g/mol. The minimum absolute atomic E-state index is 0.216. The van der Waals surface area contributed by atoms with Gasteiger partial charge >= 0.3 is 0 Å². The number of benzene rings is 2. The Morgan fingerprint density at radius 2 is 1.89 bits per heavy atom. The summed E-state index contributed by atoms with van der Waals surface area (Å²) in [6.45, 7) is 4.10. The highest BCUT2D eigenvalue weighted by molar-refractivity contribution is 6.32. The van der Waals surface area contributed by atoms with Gasteiger partial charge < -0.3 is 10.1 Å². The molecule has 2 aromatic carbocycles. The maximum atomic E-state index is 12.4. The zero-order chi connectivity index (χ0) is 19.6. The summed E-state index contributed by atoms with van der Waals surface area (Å²) < 4.78 is 7.01. The maximum absolute atomic E-state index is 12.4. The van der Waals surface area contributed by atoms with E-state index in [1.165, 1.54) is 23.9 Å². The number of hydrogen-bond donors (Lipinski definition) is 1. The van der Waals surface area contributed by atoms with E-state index in [0.29, 0.717) is 16.3 Å². The molecule has 1 N–H and O–H groups in total. The molecule has 0 radical (unpaired) electrons. The highest BCUT2D eigenvalue weighted by Crippen LogP contribution is 2.25. The van der Waals surface area contributed by atoms with Crippen LogP contribution in [0.3, 0.4) is 0 Å². The summed E-state index contributed by atoms with van der Waals surface area (Å²) >= 11 is 6.09. The first-order valence-electron chi connectivity index (χ1n) is 8.62. The van der Waals surface area contributed by atoms with E-state index in [2.05, 4.69) is 17.3 Å². The van der Waals surface area contributed by atoms with Crippen molar-refractivity contribution in [1.82, 2.24) is 9.78 Å². The van der Waals surface area contributed by atoms with E-state index < -0.39 is 0 Å². The lowest BCUT2D eigenvalue weighted by molar-refractivity contribution is 0.102. The number of nitrogens with one attached hydrogen (secondary N) is 1. The van der Waals surface area contributed by atoms with Crippen LogP contribution < -0.4 is 10.1 Å². The minimum Gasteiger partial charge on any atom is -0.495 e. The number of aryl methyl sites for hydroxylation is 2. The SMILES string of the molecule is COc1ccc(C(=O)Nc2ccc(Cc3c(C)nn(C)c3C)cc2)cc1Cl. The van der Waals surface area contributed by atoms with Gasteiger partial charge in [0.1, 0.15) is 5.75 Å². The largest absolute Gasteiger partial charge is 0.495 e. The molecule has 0 unspecified atom stereocenters. The lowest BCUT2D eigenvalue weighted by Crippen LogP contribution is -2.11. The number of ether oxygens (including phenoxy) is 1. The van der Waals surface area contributed by atoms with E-state index in [0.717, 1.165) is 17.8 Å². The fourth-order valence-corrected chi connectivity index (χ4v) is 3.25. The third-order valence-electron chi connectivity index (χ3n) is 4.67. The summed E-state index contributed by atoms with van der Waals surface area (Å²) in [5.74, 6) is 0.324. The summed E-state index contributed by atoms with van der Waals surface area (Å²) in [4.78, 5) is 12.4. The van der Waals surface area contributed by atoms with Crippen LogP contribution in [0, 0.1) is 13.8 Å². The average molecular weight is 384 g/mol. The zero-order valence-corrected chi connectivity index (χ0v) is 16.6. The molecule has 0 spiro atoms. The molecule has 1 heterocycles. The molecule has 0 saturated heterocycles. The van der Waals surface area contributed by atoms with Gasteiger partial charge in [-0.15, -0.1) is 0 Å². The van der Waals surface area contributed by atoms with Crippen molar-refractivity contribution >= 4 is 23.2 Å². The topological polar surface area (TPSA) is 56.1 Å².